The average Bonchev–Trinajstić information content (AvgIpc) is 3.47. The van der Waals surface area contributed by atoms with Gasteiger partial charge in [-0.1, -0.05) is 43.0 Å². The molecule has 0 bridgehead atoms. The third-order valence-corrected chi connectivity index (χ3v) is 10.3. The minimum absolute atomic E-state index is 0. The van der Waals surface area contributed by atoms with Gasteiger partial charge in [0.05, 0.1) is 6.04 Å². The number of halogens is 2. The van der Waals surface area contributed by atoms with Crippen LogP contribution >= 0.6 is 24.0 Å². The summed E-state index contributed by atoms with van der Waals surface area (Å²) in [5, 5.41) is 9.04. The topological polar surface area (TPSA) is 66.3 Å². The number of amides is 1. The largest absolute Gasteiger partial charge is 0.341 e. The van der Waals surface area contributed by atoms with Gasteiger partial charge in [0.25, 0.3) is 0 Å². The summed E-state index contributed by atoms with van der Waals surface area (Å²) in [6.07, 6.45) is 15.0. The number of carbonyl (C=O) groups is 1. The highest BCUT2D eigenvalue weighted by atomic mass is 35.5. The van der Waals surface area contributed by atoms with E-state index in [9.17, 15) is 4.79 Å². The van der Waals surface area contributed by atoms with Crippen LogP contribution in [0.5, 0.6) is 0 Å². The molecular formula is C32H50Cl2N6O. The van der Waals surface area contributed by atoms with Crippen LogP contribution in [0.4, 0.5) is 0 Å². The van der Waals surface area contributed by atoms with Crippen molar-refractivity contribution >= 4 is 29.9 Å². The number of nitrogens with one attached hydrogen (secondary N) is 1. The molecule has 1 amide bonds. The van der Waals surface area contributed by atoms with Gasteiger partial charge >= 0.3 is 0 Å². The molecule has 2 aromatic rings. The Labute approximate surface area is 258 Å². The van der Waals surface area contributed by atoms with E-state index in [1.54, 1.807) is 6.33 Å². The SMILES string of the molecule is CC(C)(C)N1CCC(N[C@H](Cc2ccc(Cl)cc2)C(=O)N2CCC(Cn3cncn3)(C3CCCCC3)CC2)CC1.Cl. The van der Waals surface area contributed by atoms with Gasteiger partial charge in [-0.3, -0.25) is 14.4 Å². The van der Waals surface area contributed by atoms with Crippen LogP contribution in [0.1, 0.15) is 84.1 Å². The molecule has 1 aromatic heterocycles. The van der Waals surface area contributed by atoms with E-state index in [1.807, 2.05) is 23.1 Å². The van der Waals surface area contributed by atoms with E-state index in [0.29, 0.717) is 18.4 Å². The fraction of sp³-hybridized carbons (Fsp3) is 0.719. The molecule has 5 rings (SSSR count). The van der Waals surface area contributed by atoms with Crippen molar-refractivity contribution in [3.05, 3.63) is 47.5 Å². The lowest BCUT2D eigenvalue weighted by Crippen LogP contribution is -2.57. The highest BCUT2D eigenvalue weighted by Crippen LogP contribution is 2.47. The zero-order valence-corrected chi connectivity index (χ0v) is 26.8. The van der Waals surface area contributed by atoms with Crippen molar-refractivity contribution in [1.29, 1.82) is 0 Å². The second kappa shape index (κ2) is 14.2. The lowest BCUT2D eigenvalue weighted by molar-refractivity contribution is -0.137. The summed E-state index contributed by atoms with van der Waals surface area (Å²) in [6.45, 7) is 11.6. The maximum absolute atomic E-state index is 14.2. The van der Waals surface area contributed by atoms with Gasteiger partial charge in [-0.15, -0.1) is 12.4 Å². The van der Waals surface area contributed by atoms with Crippen molar-refractivity contribution in [2.45, 2.75) is 109 Å². The van der Waals surface area contributed by atoms with Crippen LogP contribution in [-0.4, -0.2) is 74.3 Å². The molecule has 7 nitrogen and oxygen atoms in total. The molecule has 228 valence electrons. The van der Waals surface area contributed by atoms with E-state index in [0.717, 1.165) is 69.0 Å². The summed E-state index contributed by atoms with van der Waals surface area (Å²) in [4.78, 5) is 23.1. The van der Waals surface area contributed by atoms with Crippen molar-refractivity contribution in [2.75, 3.05) is 26.2 Å². The Kier molecular flexibility index (Phi) is 11.2. The second-order valence-electron chi connectivity index (χ2n) is 13.6. The Hall–Kier alpha value is -1.67. The summed E-state index contributed by atoms with van der Waals surface area (Å²) in [5.74, 6) is 0.963. The van der Waals surface area contributed by atoms with Crippen molar-refractivity contribution < 1.29 is 4.79 Å². The van der Waals surface area contributed by atoms with Gasteiger partial charge < -0.3 is 10.2 Å². The first-order chi connectivity index (χ1) is 19.2. The Morgan fingerprint density at radius 1 is 1.02 bits per heavy atom. The number of hydrogen-bond donors (Lipinski definition) is 1. The van der Waals surface area contributed by atoms with Crippen LogP contribution in [0.15, 0.2) is 36.9 Å². The van der Waals surface area contributed by atoms with Crippen molar-refractivity contribution in [2.24, 2.45) is 11.3 Å². The average molecular weight is 606 g/mol. The number of nitrogens with zero attached hydrogens (tertiary/aromatic N) is 5. The molecule has 3 aliphatic rings. The Morgan fingerprint density at radius 2 is 1.68 bits per heavy atom. The first kappa shape index (κ1) is 32.2. The molecular weight excluding hydrogens is 555 g/mol. The molecule has 2 saturated heterocycles. The Balaban J connectivity index is 0.00000387. The molecule has 0 spiro atoms. The fourth-order valence-electron chi connectivity index (χ4n) is 7.52. The molecule has 3 heterocycles. The molecule has 2 aliphatic heterocycles. The molecule has 1 N–H and O–H groups in total. The third-order valence-electron chi connectivity index (χ3n) is 10.0. The number of rotatable bonds is 8. The molecule has 0 radical (unpaired) electrons. The number of piperidine rings is 2. The van der Waals surface area contributed by atoms with Crippen LogP contribution in [0.25, 0.3) is 0 Å². The van der Waals surface area contributed by atoms with E-state index in [4.69, 9.17) is 11.6 Å². The van der Waals surface area contributed by atoms with Gasteiger partial charge in [0.1, 0.15) is 12.7 Å². The lowest BCUT2D eigenvalue weighted by atomic mass is 9.63. The number of aromatic nitrogens is 3. The van der Waals surface area contributed by atoms with Crippen LogP contribution in [0.2, 0.25) is 5.02 Å². The van der Waals surface area contributed by atoms with Crippen LogP contribution in [-0.2, 0) is 17.8 Å². The predicted molar refractivity (Wildman–Crippen MR) is 169 cm³/mol. The molecule has 1 saturated carbocycles. The third kappa shape index (κ3) is 8.25. The van der Waals surface area contributed by atoms with E-state index in [2.05, 4.69) is 58.1 Å². The summed E-state index contributed by atoms with van der Waals surface area (Å²) < 4.78 is 2.03. The zero-order chi connectivity index (χ0) is 28.2. The Morgan fingerprint density at radius 3 is 2.27 bits per heavy atom. The van der Waals surface area contributed by atoms with E-state index in [-0.39, 0.29) is 35.3 Å². The van der Waals surface area contributed by atoms with E-state index < -0.39 is 0 Å². The van der Waals surface area contributed by atoms with Gasteiger partial charge in [-0.05, 0) is 94.7 Å². The van der Waals surface area contributed by atoms with Crippen LogP contribution in [0.3, 0.4) is 0 Å². The van der Waals surface area contributed by atoms with Gasteiger partial charge in [-0.2, -0.15) is 5.10 Å². The molecule has 3 fully saturated rings. The van der Waals surface area contributed by atoms with Gasteiger partial charge in [0.2, 0.25) is 5.91 Å². The quantitative estimate of drug-likeness (QED) is 0.400. The van der Waals surface area contributed by atoms with Crippen LogP contribution in [0, 0.1) is 11.3 Å². The molecule has 1 aliphatic carbocycles. The number of carbonyl (C=O) groups excluding carboxylic acids is 1. The standard InChI is InChI=1S/C32H49ClN6O.ClH/c1-31(2,3)38-17-13-28(14-18-38)36-29(21-25-9-11-27(33)12-10-25)30(40)37-19-15-32(16-20-37,22-39-24-34-23-35-39)26-7-5-4-6-8-26;/h9-12,23-24,26,28-29,36H,4-8,13-22H2,1-3H3;1H/t29-;/m1./s1. The number of benzene rings is 1. The van der Waals surface area contributed by atoms with Gasteiger partial charge in [0.15, 0.2) is 0 Å². The highest BCUT2D eigenvalue weighted by Gasteiger charge is 2.44. The van der Waals surface area contributed by atoms with Crippen molar-refractivity contribution in [3.63, 3.8) is 0 Å². The fourth-order valence-corrected chi connectivity index (χ4v) is 7.64. The van der Waals surface area contributed by atoms with E-state index in [1.165, 1.54) is 32.1 Å². The first-order valence-corrected chi connectivity index (χ1v) is 16.0. The van der Waals surface area contributed by atoms with Crippen molar-refractivity contribution in [3.8, 4) is 0 Å². The second-order valence-corrected chi connectivity index (χ2v) is 14.0. The van der Waals surface area contributed by atoms with Crippen molar-refractivity contribution in [1.82, 2.24) is 29.9 Å². The summed E-state index contributed by atoms with van der Waals surface area (Å²) in [5.41, 5.74) is 1.54. The monoisotopic (exact) mass is 604 g/mol. The molecule has 9 heteroatoms. The minimum Gasteiger partial charge on any atom is -0.341 e. The molecule has 0 unspecified atom stereocenters. The molecule has 41 heavy (non-hydrogen) atoms. The summed E-state index contributed by atoms with van der Waals surface area (Å²) in [6, 6.07) is 8.14. The maximum atomic E-state index is 14.2. The van der Waals surface area contributed by atoms with Gasteiger partial charge in [0, 0.05) is 49.3 Å². The maximum Gasteiger partial charge on any atom is 0.240 e. The van der Waals surface area contributed by atoms with E-state index >= 15 is 0 Å². The normalized spacial score (nSPS) is 21.8. The van der Waals surface area contributed by atoms with Gasteiger partial charge in [-0.25, -0.2) is 4.98 Å². The number of hydrogen-bond acceptors (Lipinski definition) is 5. The Bertz CT molecular complexity index is 1060. The minimum atomic E-state index is -0.218. The number of likely N-dealkylation sites (tertiary alicyclic amines) is 2. The summed E-state index contributed by atoms with van der Waals surface area (Å²) in [7, 11) is 0. The first-order valence-electron chi connectivity index (χ1n) is 15.6. The predicted octanol–water partition coefficient (Wildman–Crippen LogP) is 6.01. The smallest absolute Gasteiger partial charge is 0.240 e. The zero-order valence-electron chi connectivity index (χ0n) is 25.2. The lowest BCUT2D eigenvalue weighted by Gasteiger charge is -2.48. The molecule has 1 atom stereocenters. The molecule has 1 aromatic carbocycles. The highest BCUT2D eigenvalue weighted by molar-refractivity contribution is 6.30. The summed E-state index contributed by atoms with van der Waals surface area (Å²) >= 11 is 6.17. The van der Waals surface area contributed by atoms with Crippen LogP contribution < -0.4 is 5.32 Å².